The maximum Gasteiger partial charge on any atom is 0.140 e. The molecular formula is C13H21ClN2O. The summed E-state index contributed by atoms with van der Waals surface area (Å²) < 4.78 is 5.72. The Balaban J connectivity index is 2.50. The Bertz CT molecular complexity index is 374. The third kappa shape index (κ3) is 5.37. The summed E-state index contributed by atoms with van der Waals surface area (Å²) in [7, 11) is 0. The fourth-order valence-corrected chi connectivity index (χ4v) is 2.06. The van der Waals surface area contributed by atoms with E-state index in [-0.39, 0.29) is 5.54 Å². The lowest BCUT2D eigenvalue weighted by atomic mass is 9.93. The highest BCUT2D eigenvalue weighted by atomic mass is 35.5. The van der Waals surface area contributed by atoms with Crippen LogP contribution in [0.5, 0.6) is 5.75 Å². The highest BCUT2D eigenvalue weighted by Gasteiger charge is 2.16. The number of aryl methyl sites for hydroxylation is 1. The van der Waals surface area contributed by atoms with Crippen LogP contribution in [0.4, 0.5) is 0 Å². The molecule has 0 saturated carbocycles. The van der Waals surface area contributed by atoms with Crippen LogP contribution in [0.1, 0.15) is 32.8 Å². The Morgan fingerprint density at radius 3 is 2.71 bits per heavy atom. The summed E-state index contributed by atoms with van der Waals surface area (Å²) >= 11 is 5.78. The van der Waals surface area contributed by atoms with E-state index in [1.54, 1.807) is 12.3 Å². The topological polar surface area (TPSA) is 48.1 Å². The Kier molecular flexibility index (Phi) is 4.78. The van der Waals surface area contributed by atoms with Crippen molar-refractivity contribution < 1.29 is 4.74 Å². The minimum atomic E-state index is -0.157. The number of hydrogen-bond donors (Lipinski definition) is 1. The molecule has 0 spiro atoms. The van der Waals surface area contributed by atoms with Crippen molar-refractivity contribution in [2.75, 3.05) is 6.61 Å². The maximum atomic E-state index is 5.97. The zero-order valence-electron chi connectivity index (χ0n) is 11.0. The number of halogens is 1. The summed E-state index contributed by atoms with van der Waals surface area (Å²) in [5.41, 5.74) is 6.82. The van der Waals surface area contributed by atoms with Crippen molar-refractivity contribution in [2.45, 2.75) is 39.7 Å². The number of pyridine rings is 1. The van der Waals surface area contributed by atoms with E-state index in [0.717, 1.165) is 17.7 Å². The molecule has 0 bridgehead atoms. The molecule has 0 saturated heterocycles. The Hall–Kier alpha value is -0.800. The lowest BCUT2D eigenvalue weighted by molar-refractivity contribution is 0.227. The molecule has 1 rings (SSSR count). The van der Waals surface area contributed by atoms with Crippen molar-refractivity contribution in [1.29, 1.82) is 0 Å². The van der Waals surface area contributed by atoms with Crippen molar-refractivity contribution in [1.82, 2.24) is 4.98 Å². The molecule has 0 radical (unpaired) electrons. The van der Waals surface area contributed by atoms with E-state index in [4.69, 9.17) is 22.1 Å². The van der Waals surface area contributed by atoms with Gasteiger partial charge in [-0.15, -0.1) is 0 Å². The molecule has 0 aliphatic carbocycles. The molecule has 0 aromatic carbocycles. The molecule has 0 fully saturated rings. The van der Waals surface area contributed by atoms with Gasteiger partial charge in [0.05, 0.1) is 12.8 Å². The summed E-state index contributed by atoms with van der Waals surface area (Å²) in [6.07, 6.45) is 2.59. The second-order valence-electron chi connectivity index (χ2n) is 5.38. The number of aromatic nitrogens is 1. The molecule has 0 aliphatic heterocycles. The summed E-state index contributed by atoms with van der Waals surface area (Å²) in [5.74, 6) is 1.20. The van der Waals surface area contributed by atoms with Gasteiger partial charge in [-0.2, -0.15) is 0 Å². The van der Waals surface area contributed by atoms with Crippen LogP contribution in [0.2, 0.25) is 5.15 Å². The second-order valence-corrected chi connectivity index (χ2v) is 5.77. The summed E-state index contributed by atoms with van der Waals surface area (Å²) in [4.78, 5) is 4.01. The van der Waals surface area contributed by atoms with E-state index in [0.29, 0.717) is 17.7 Å². The number of nitrogens with zero attached hydrogens (tertiary/aromatic N) is 1. The first-order valence-corrected chi connectivity index (χ1v) is 6.19. The molecule has 4 heteroatoms. The fraction of sp³-hybridized carbons (Fsp3) is 0.615. The third-order valence-electron chi connectivity index (χ3n) is 2.43. The van der Waals surface area contributed by atoms with E-state index < -0.39 is 0 Å². The molecule has 1 atom stereocenters. The molecule has 17 heavy (non-hydrogen) atoms. The number of nitrogens with two attached hydrogens (primary N) is 1. The zero-order valence-corrected chi connectivity index (χ0v) is 11.7. The van der Waals surface area contributed by atoms with E-state index in [1.165, 1.54) is 0 Å². The summed E-state index contributed by atoms with van der Waals surface area (Å²) in [6.45, 7) is 8.79. The van der Waals surface area contributed by atoms with Gasteiger partial charge in [-0.05, 0) is 44.7 Å². The van der Waals surface area contributed by atoms with Gasteiger partial charge in [0.15, 0.2) is 0 Å². The van der Waals surface area contributed by atoms with E-state index >= 15 is 0 Å². The van der Waals surface area contributed by atoms with Gasteiger partial charge in [-0.25, -0.2) is 4.98 Å². The highest BCUT2D eigenvalue weighted by molar-refractivity contribution is 6.29. The van der Waals surface area contributed by atoms with Crippen molar-refractivity contribution in [3.63, 3.8) is 0 Å². The van der Waals surface area contributed by atoms with E-state index in [9.17, 15) is 0 Å². The summed E-state index contributed by atoms with van der Waals surface area (Å²) in [6, 6.07) is 1.80. The molecule has 1 aromatic rings. The minimum absolute atomic E-state index is 0.157. The molecule has 0 amide bonds. The number of hydrogen-bond acceptors (Lipinski definition) is 3. The van der Waals surface area contributed by atoms with Crippen LogP contribution in [-0.4, -0.2) is 17.1 Å². The lowest BCUT2D eigenvalue weighted by Crippen LogP contribution is -2.35. The Labute approximate surface area is 108 Å². The maximum absolute atomic E-state index is 5.97. The van der Waals surface area contributed by atoms with Crippen LogP contribution in [0.15, 0.2) is 12.3 Å². The lowest BCUT2D eigenvalue weighted by Gasteiger charge is -2.23. The van der Waals surface area contributed by atoms with Gasteiger partial charge in [0, 0.05) is 5.54 Å². The monoisotopic (exact) mass is 256 g/mol. The van der Waals surface area contributed by atoms with Gasteiger partial charge in [0.2, 0.25) is 0 Å². The highest BCUT2D eigenvalue weighted by Crippen LogP contribution is 2.21. The smallest absolute Gasteiger partial charge is 0.140 e. The first-order chi connectivity index (χ1) is 7.78. The third-order valence-corrected chi connectivity index (χ3v) is 2.63. The van der Waals surface area contributed by atoms with Crippen molar-refractivity contribution in [2.24, 2.45) is 11.7 Å². The van der Waals surface area contributed by atoms with Gasteiger partial charge < -0.3 is 10.5 Å². The molecular weight excluding hydrogens is 236 g/mol. The first kappa shape index (κ1) is 14.3. The first-order valence-electron chi connectivity index (χ1n) is 5.82. The van der Waals surface area contributed by atoms with Crippen LogP contribution in [-0.2, 0) is 0 Å². The largest absolute Gasteiger partial charge is 0.491 e. The Morgan fingerprint density at radius 2 is 2.18 bits per heavy atom. The number of ether oxygens (including phenoxy) is 1. The normalized spacial score (nSPS) is 13.5. The predicted molar refractivity (Wildman–Crippen MR) is 71.5 cm³/mol. The van der Waals surface area contributed by atoms with E-state index in [1.807, 2.05) is 20.8 Å². The van der Waals surface area contributed by atoms with Crippen molar-refractivity contribution >= 4 is 11.6 Å². The molecule has 0 aliphatic rings. The van der Waals surface area contributed by atoms with Crippen molar-refractivity contribution in [3.8, 4) is 5.75 Å². The van der Waals surface area contributed by atoms with Crippen LogP contribution in [0.25, 0.3) is 0 Å². The predicted octanol–water partition coefficient (Wildman–Crippen LogP) is 3.19. The summed E-state index contributed by atoms with van der Waals surface area (Å²) in [5, 5.41) is 0.492. The van der Waals surface area contributed by atoms with Gasteiger partial charge in [0.1, 0.15) is 10.9 Å². The van der Waals surface area contributed by atoms with Crippen molar-refractivity contribution in [3.05, 3.63) is 23.0 Å². The van der Waals surface area contributed by atoms with Crippen LogP contribution in [0.3, 0.4) is 0 Å². The van der Waals surface area contributed by atoms with Crippen LogP contribution in [0, 0.1) is 12.8 Å². The van der Waals surface area contributed by atoms with Crippen LogP contribution >= 0.6 is 11.6 Å². The van der Waals surface area contributed by atoms with Crippen LogP contribution < -0.4 is 10.5 Å². The minimum Gasteiger partial charge on any atom is -0.491 e. The Morgan fingerprint density at radius 1 is 1.53 bits per heavy atom. The number of rotatable bonds is 5. The average Bonchev–Trinajstić information content (AvgIpc) is 2.13. The molecule has 1 heterocycles. The standard InChI is InChI=1S/C13H21ClN2O/c1-9(6-13(3,4)15)8-17-11-7-16-12(14)5-10(11)2/h5,7,9H,6,8,15H2,1-4H3. The van der Waals surface area contributed by atoms with Gasteiger partial charge in [-0.3, -0.25) is 0 Å². The van der Waals surface area contributed by atoms with Gasteiger partial charge in [-0.1, -0.05) is 18.5 Å². The molecule has 3 nitrogen and oxygen atoms in total. The second kappa shape index (κ2) is 5.69. The molecule has 1 unspecified atom stereocenters. The van der Waals surface area contributed by atoms with Gasteiger partial charge >= 0.3 is 0 Å². The zero-order chi connectivity index (χ0) is 13.1. The molecule has 2 N–H and O–H groups in total. The fourth-order valence-electron chi connectivity index (χ4n) is 1.85. The molecule has 96 valence electrons. The SMILES string of the molecule is Cc1cc(Cl)ncc1OCC(C)CC(C)(C)N. The molecule has 1 aromatic heterocycles. The van der Waals surface area contributed by atoms with E-state index in [2.05, 4.69) is 11.9 Å². The average molecular weight is 257 g/mol. The quantitative estimate of drug-likeness (QED) is 0.823. The van der Waals surface area contributed by atoms with Gasteiger partial charge in [0.25, 0.3) is 0 Å².